The molecule has 0 saturated heterocycles. The Labute approximate surface area is 113 Å². The van der Waals surface area contributed by atoms with E-state index in [-0.39, 0.29) is 6.04 Å². The third-order valence-corrected chi connectivity index (χ3v) is 3.41. The first kappa shape index (κ1) is 13.4. The van der Waals surface area contributed by atoms with E-state index in [0.717, 1.165) is 0 Å². The van der Waals surface area contributed by atoms with Crippen LogP contribution in [0.2, 0.25) is 0 Å². The molecule has 102 valence electrons. The summed E-state index contributed by atoms with van der Waals surface area (Å²) < 4.78 is 4.59. The Balaban J connectivity index is 2.17. The van der Waals surface area contributed by atoms with Crippen LogP contribution in [-0.2, 0) is 4.74 Å². The molecule has 0 saturated carbocycles. The zero-order valence-electron chi connectivity index (χ0n) is 11.7. The number of ether oxygens (including phenoxy) is 1. The number of rotatable bonds is 1. The fraction of sp³-hybridized carbons (Fsp3) is 0.429. The molecule has 19 heavy (non-hydrogen) atoms. The first-order valence-electron chi connectivity index (χ1n) is 6.22. The summed E-state index contributed by atoms with van der Waals surface area (Å²) in [6.45, 7) is 4.81. The van der Waals surface area contributed by atoms with Crippen LogP contribution in [0.5, 0.6) is 0 Å². The minimum Gasteiger partial charge on any atom is -0.453 e. The highest BCUT2D eigenvalue weighted by Crippen LogP contribution is 2.27. The SMILES string of the molecule is COC(=O)NC1=NCC(c2cc(C)ccc2C)N1C. The number of carbonyl (C=O) groups is 1. The summed E-state index contributed by atoms with van der Waals surface area (Å²) in [4.78, 5) is 17.6. The van der Waals surface area contributed by atoms with Crippen molar-refractivity contribution in [3.8, 4) is 0 Å². The molecule has 2 rings (SSSR count). The smallest absolute Gasteiger partial charge is 0.413 e. The van der Waals surface area contributed by atoms with E-state index in [4.69, 9.17) is 0 Å². The Hall–Kier alpha value is -2.04. The zero-order chi connectivity index (χ0) is 14.0. The van der Waals surface area contributed by atoms with Crippen LogP contribution in [0.4, 0.5) is 4.79 Å². The van der Waals surface area contributed by atoms with Crippen molar-refractivity contribution in [1.29, 1.82) is 0 Å². The fourth-order valence-corrected chi connectivity index (χ4v) is 2.25. The number of carbonyl (C=O) groups excluding carboxylic acids is 1. The molecule has 1 N–H and O–H groups in total. The summed E-state index contributed by atoms with van der Waals surface area (Å²) >= 11 is 0. The van der Waals surface area contributed by atoms with Crippen molar-refractivity contribution in [3.63, 3.8) is 0 Å². The molecule has 5 heteroatoms. The number of hydrogen-bond donors (Lipinski definition) is 1. The number of amides is 1. The summed E-state index contributed by atoms with van der Waals surface area (Å²) in [6.07, 6.45) is -0.493. The highest BCUT2D eigenvalue weighted by molar-refractivity contribution is 5.94. The Morgan fingerprint density at radius 2 is 2.21 bits per heavy atom. The molecule has 0 aliphatic carbocycles. The van der Waals surface area contributed by atoms with Gasteiger partial charge in [-0.2, -0.15) is 0 Å². The third kappa shape index (κ3) is 2.70. The topological polar surface area (TPSA) is 53.9 Å². The Morgan fingerprint density at radius 3 is 2.89 bits per heavy atom. The standard InChI is InChI=1S/C14H19N3O2/c1-9-5-6-10(2)11(7-9)12-8-15-13(17(12)3)16-14(18)19-4/h5-7,12H,8H2,1-4H3,(H,15,16,18). The molecule has 1 unspecified atom stereocenters. The molecule has 0 aromatic heterocycles. The maximum Gasteiger partial charge on any atom is 0.413 e. The highest BCUT2D eigenvalue weighted by atomic mass is 16.5. The molecule has 1 aromatic rings. The number of nitrogens with zero attached hydrogens (tertiary/aromatic N) is 2. The second-order valence-corrected chi connectivity index (χ2v) is 4.77. The van der Waals surface area contributed by atoms with Crippen molar-refractivity contribution in [1.82, 2.24) is 10.2 Å². The van der Waals surface area contributed by atoms with Gasteiger partial charge in [0, 0.05) is 7.05 Å². The van der Waals surface area contributed by atoms with Crippen LogP contribution in [0.3, 0.4) is 0 Å². The third-order valence-electron chi connectivity index (χ3n) is 3.41. The van der Waals surface area contributed by atoms with Gasteiger partial charge in [0.1, 0.15) is 0 Å². The second-order valence-electron chi connectivity index (χ2n) is 4.77. The van der Waals surface area contributed by atoms with Crippen molar-refractivity contribution in [2.75, 3.05) is 20.7 Å². The molecule has 0 bridgehead atoms. The summed E-state index contributed by atoms with van der Waals surface area (Å²) in [7, 11) is 3.27. The number of likely N-dealkylation sites (N-methyl/N-ethyl adjacent to an activating group) is 1. The van der Waals surface area contributed by atoms with E-state index in [2.05, 4.69) is 47.1 Å². The van der Waals surface area contributed by atoms with E-state index in [9.17, 15) is 4.79 Å². The van der Waals surface area contributed by atoms with Gasteiger partial charge in [0.05, 0.1) is 19.7 Å². The van der Waals surface area contributed by atoms with E-state index in [0.29, 0.717) is 12.5 Å². The molecule has 5 nitrogen and oxygen atoms in total. The molecular weight excluding hydrogens is 242 g/mol. The van der Waals surface area contributed by atoms with Crippen molar-refractivity contribution in [3.05, 3.63) is 34.9 Å². The Kier molecular flexibility index (Phi) is 3.74. The summed E-state index contributed by atoms with van der Waals surface area (Å²) in [5, 5.41) is 2.63. The van der Waals surface area contributed by atoms with Gasteiger partial charge in [-0.15, -0.1) is 0 Å². The number of guanidine groups is 1. The molecule has 0 radical (unpaired) electrons. The van der Waals surface area contributed by atoms with Gasteiger partial charge in [-0.3, -0.25) is 10.3 Å². The second kappa shape index (κ2) is 5.30. The largest absolute Gasteiger partial charge is 0.453 e. The first-order valence-corrected chi connectivity index (χ1v) is 6.22. The van der Waals surface area contributed by atoms with Gasteiger partial charge in [0.15, 0.2) is 0 Å². The minimum atomic E-state index is -0.493. The Morgan fingerprint density at radius 1 is 1.47 bits per heavy atom. The van der Waals surface area contributed by atoms with Gasteiger partial charge < -0.3 is 9.64 Å². The lowest BCUT2D eigenvalue weighted by Crippen LogP contribution is -2.40. The number of nitrogens with one attached hydrogen (secondary N) is 1. The van der Waals surface area contributed by atoms with E-state index in [1.807, 2.05) is 11.9 Å². The molecule has 1 heterocycles. The number of benzene rings is 1. The number of hydrogen-bond acceptors (Lipinski definition) is 4. The molecule has 1 amide bonds. The summed E-state index contributed by atoms with van der Waals surface area (Å²) in [6, 6.07) is 6.55. The van der Waals surface area contributed by atoms with Gasteiger partial charge in [0.2, 0.25) is 5.96 Å². The average molecular weight is 261 g/mol. The van der Waals surface area contributed by atoms with Crippen molar-refractivity contribution < 1.29 is 9.53 Å². The van der Waals surface area contributed by atoms with Gasteiger partial charge in [-0.05, 0) is 25.0 Å². The number of aliphatic imine (C=N–C) groups is 1. The lowest BCUT2D eigenvalue weighted by molar-refractivity contribution is 0.175. The maximum absolute atomic E-state index is 11.2. The van der Waals surface area contributed by atoms with Gasteiger partial charge in [-0.1, -0.05) is 23.8 Å². The van der Waals surface area contributed by atoms with Crippen LogP contribution < -0.4 is 5.32 Å². The monoisotopic (exact) mass is 261 g/mol. The number of alkyl carbamates (subject to hydrolysis) is 1. The zero-order valence-corrected chi connectivity index (χ0v) is 11.7. The predicted octanol–water partition coefficient (Wildman–Crippen LogP) is 2.00. The van der Waals surface area contributed by atoms with Gasteiger partial charge in [-0.25, -0.2) is 4.79 Å². The predicted molar refractivity (Wildman–Crippen MR) is 74.3 cm³/mol. The molecule has 1 atom stereocenters. The van der Waals surface area contributed by atoms with Crippen molar-refractivity contribution in [2.24, 2.45) is 4.99 Å². The van der Waals surface area contributed by atoms with E-state index in [1.54, 1.807) is 0 Å². The molecule has 1 aromatic carbocycles. The van der Waals surface area contributed by atoms with E-state index < -0.39 is 6.09 Å². The van der Waals surface area contributed by atoms with Crippen LogP contribution in [0.25, 0.3) is 0 Å². The normalized spacial score (nSPS) is 18.2. The van der Waals surface area contributed by atoms with Crippen molar-refractivity contribution in [2.45, 2.75) is 19.9 Å². The summed E-state index contributed by atoms with van der Waals surface area (Å²) in [5.74, 6) is 0.553. The van der Waals surface area contributed by atoms with Gasteiger partial charge >= 0.3 is 6.09 Å². The van der Waals surface area contributed by atoms with Crippen LogP contribution in [0.1, 0.15) is 22.7 Å². The maximum atomic E-state index is 11.2. The molecule has 0 fully saturated rings. The van der Waals surface area contributed by atoms with Crippen LogP contribution >= 0.6 is 0 Å². The summed E-state index contributed by atoms with van der Waals surface area (Å²) in [5.41, 5.74) is 3.70. The van der Waals surface area contributed by atoms with Crippen LogP contribution in [-0.4, -0.2) is 37.7 Å². The molecule has 1 aliphatic rings. The fourth-order valence-electron chi connectivity index (χ4n) is 2.25. The minimum absolute atomic E-state index is 0.159. The lowest BCUT2D eigenvalue weighted by atomic mass is 9.99. The number of aryl methyl sites for hydroxylation is 2. The molecule has 0 spiro atoms. The average Bonchev–Trinajstić information content (AvgIpc) is 2.74. The van der Waals surface area contributed by atoms with E-state index >= 15 is 0 Å². The van der Waals surface area contributed by atoms with E-state index in [1.165, 1.54) is 23.8 Å². The lowest BCUT2D eigenvalue weighted by Gasteiger charge is -2.25. The van der Waals surface area contributed by atoms with Gasteiger partial charge in [0.25, 0.3) is 0 Å². The van der Waals surface area contributed by atoms with Crippen molar-refractivity contribution >= 4 is 12.1 Å². The molecular formula is C14H19N3O2. The number of methoxy groups -OCH3 is 1. The molecule has 1 aliphatic heterocycles. The Bertz CT molecular complexity index is 525. The van der Waals surface area contributed by atoms with Crippen LogP contribution in [0.15, 0.2) is 23.2 Å². The van der Waals surface area contributed by atoms with Crippen LogP contribution in [0, 0.1) is 13.8 Å². The highest BCUT2D eigenvalue weighted by Gasteiger charge is 2.28. The first-order chi connectivity index (χ1) is 9.02. The quantitative estimate of drug-likeness (QED) is 0.841.